The van der Waals surface area contributed by atoms with Crippen molar-refractivity contribution < 1.29 is 4.79 Å². The van der Waals surface area contributed by atoms with Gasteiger partial charge in [0.25, 0.3) is 5.91 Å². The van der Waals surface area contributed by atoms with E-state index in [-0.39, 0.29) is 22.2 Å². The largest absolute Gasteiger partial charge is 0.305 e. The summed E-state index contributed by atoms with van der Waals surface area (Å²) in [7, 11) is 1.66. The van der Waals surface area contributed by atoms with Crippen LogP contribution in [0, 0.1) is 0 Å². The Labute approximate surface area is 107 Å². The Kier molecular flexibility index (Phi) is 3.26. The van der Waals surface area contributed by atoms with Crippen molar-refractivity contribution in [2.75, 3.05) is 5.32 Å². The summed E-state index contributed by atoms with van der Waals surface area (Å²) in [5.41, 5.74) is 0.399. The second kappa shape index (κ2) is 4.68. The Morgan fingerprint density at radius 3 is 2.76 bits per heavy atom. The molecule has 88 valence electrons. The molecule has 0 saturated heterocycles. The molecule has 1 N–H and O–H groups in total. The Bertz CT molecular complexity index is 548. The lowest BCUT2D eigenvalue weighted by molar-refractivity contribution is 0.101. The fraction of sp³-hybridized carbons (Fsp3) is 0.111. The molecule has 0 fully saturated rings. The zero-order valence-corrected chi connectivity index (χ0v) is 10.2. The highest BCUT2D eigenvalue weighted by Crippen LogP contribution is 2.15. The number of amides is 1. The molecule has 6 nitrogen and oxygen atoms in total. The molecule has 1 amide bonds. The maximum Gasteiger partial charge on any atom is 0.275 e. The summed E-state index contributed by atoms with van der Waals surface area (Å²) >= 11 is 11.3. The van der Waals surface area contributed by atoms with E-state index < -0.39 is 0 Å². The molecule has 0 aliphatic rings. The molecule has 2 heterocycles. The molecule has 0 spiro atoms. The normalized spacial score (nSPS) is 10.3. The maximum absolute atomic E-state index is 11.8. The minimum Gasteiger partial charge on any atom is -0.305 e. The lowest BCUT2D eigenvalue weighted by Crippen LogP contribution is -2.17. The van der Waals surface area contributed by atoms with Gasteiger partial charge >= 0.3 is 0 Å². The highest BCUT2D eigenvalue weighted by Gasteiger charge is 2.11. The number of nitrogens with one attached hydrogen (secondary N) is 1. The predicted molar refractivity (Wildman–Crippen MR) is 63.2 cm³/mol. The van der Waals surface area contributed by atoms with Crippen molar-refractivity contribution in [3.05, 3.63) is 34.5 Å². The average molecular weight is 272 g/mol. The van der Waals surface area contributed by atoms with Crippen LogP contribution >= 0.6 is 23.2 Å². The van der Waals surface area contributed by atoms with Crippen molar-refractivity contribution in [2.24, 2.45) is 7.05 Å². The fourth-order valence-corrected chi connectivity index (χ4v) is 1.64. The third-order valence-corrected chi connectivity index (χ3v) is 2.33. The molecule has 0 bridgehead atoms. The molecule has 0 aliphatic heterocycles. The van der Waals surface area contributed by atoms with Gasteiger partial charge in [0.15, 0.2) is 0 Å². The summed E-state index contributed by atoms with van der Waals surface area (Å²) in [4.78, 5) is 19.3. The van der Waals surface area contributed by atoms with Crippen LogP contribution in [0.4, 0.5) is 5.82 Å². The lowest BCUT2D eigenvalue weighted by atomic mass is 10.4. The summed E-state index contributed by atoms with van der Waals surface area (Å²) in [6.45, 7) is 0. The number of rotatable bonds is 2. The molecular weight excluding hydrogens is 265 g/mol. The Hall–Kier alpha value is -1.66. The molecule has 0 aliphatic carbocycles. The lowest BCUT2D eigenvalue weighted by Gasteiger charge is -2.04. The predicted octanol–water partition coefficient (Wildman–Crippen LogP) is 1.77. The Balaban J connectivity index is 2.21. The highest BCUT2D eigenvalue weighted by molar-refractivity contribution is 6.32. The van der Waals surface area contributed by atoms with Gasteiger partial charge in [-0.3, -0.25) is 9.48 Å². The Morgan fingerprint density at radius 1 is 1.41 bits per heavy atom. The number of halogens is 2. The quantitative estimate of drug-likeness (QED) is 0.668. The number of hydrogen-bond acceptors (Lipinski definition) is 4. The van der Waals surface area contributed by atoms with E-state index in [2.05, 4.69) is 20.4 Å². The van der Waals surface area contributed by atoms with Crippen molar-refractivity contribution in [1.29, 1.82) is 0 Å². The Morgan fingerprint density at radius 2 is 2.18 bits per heavy atom. The van der Waals surface area contributed by atoms with E-state index in [0.29, 0.717) is 5.69 Å². The number of carbonyl (C=O) groups is 1. The first-order valence-electron chi connectivity index (χ1n) is 4.55. The number of anilines is 1. The maximum atomic E-state index is 11.8. The van der Waals surface area contributed by atoms with Crippen molar-refractivity contribution >= 4 is 34.9 Å². The zero-order valence-electron chi connectivity index (χ0n) is 8.69. The van der Waals surface area contributed by atoms with Gasteiger partial charge in [0.2, 0.25) is 5.28 Å². The van der Waals surface area contributed by atoms with Crippen LogP contribution in [0.15, 0.2) is 18.3 Å². The second-order valence-electron chi connectivity index (χ2n) is 3.14. The first-order valence-corrected chi connectivity index (χ1v) is 5.31. The van der Waals surface area contributed by atoms with E-state index in [1.54, 1.807) is 13.1 Å². The van der Waals surface area contributed by atoms with Gasteiger partial charge in [0.1, 0.15) is 16.7 Å². The van der Waals surface area contributed by atoms with Gasteiger partial charge in [0, 0.05) is 19.3 Å². The molecule has 0 saturated carbocycles. The minimum absolute atomic E-state index is 0.0298. The molecule has 0 aromatic carbocycles. The SMILES string of the molecule is Cn1nccc1C(=O)Nc1cc(Cl)nc(Cl)n1. The number of hydrogen-bond donors (Lipinski definition) is 1. The molecule has 2 rings (SSSR count). The second-order valence-corrected chi connectivity index (χ2v) is 3.86. The van der Waals surface area contributed by atoms with Gasteiger partial charge in [-0.2, -0.15) is 5.10 Å². The van der Waals surface area contributed by atoms with Crippen LogP contribution in [0.1, 0.15) is 10.5 Å². The summed E-state index contributed by atoms with van der Waals surface area (Å²) in [5, 5.41) is 6.56. The molecule has 17 heavy (non-hydrogen) atoms. The fourth-order valence-electron chi connectivity index (χ4n) is 1.23. The van der Waals surface area contributed by atoms with Crippen molar-refractivity contribution in [2.45, 2.75) is 0 Å². The van der Waals surface area contributed by atoms with Gasteiger partial charge in [-0.05, 0) is 17.7 Å². The summed E-state index contributed by atoms with van der Waals surface area (Å²) in [6, 6.07) is 2.99. The number of aryl methyl sites for hydroxylation is 1. The van der Waals surface area contributed by atoms with Crippen LogP contribution in [0.2, 0.25) is 10.4 Å². The van der Waals surface area contributed by atoms with Gasteiger partial charge in [-0.25, -0.2) is 9.97 Å². The van der Waals surface area contributed by atoms with E-state index in [9.17, 15) is 4.79 Å². The van der Waals surface area contributed by atoms with Crippen LogP contribution in [0.3, 0.4) is 0 Å². The van der Waals surface area contributed by atoms with E-state index in [4.69, 9.17) is 23.2 Å². The standard InChI is InChI=1S/C9H7Cl2N5O/c1-16-5(2-3-12-16)8(17)14-7-4-6(10)13-9(11)15-7/h2-4H,1H3,(H,13,14,15,17). The third-order valence-electron chi connectivity index (χ3n) is 1.96. The topological polar surface area (TPSA) is 72.7 Å². The molecular formula is C9H7Cl2N5O. The summed E-state index contributed by atoms with van der Waals surface area (Å²) in [6.07, 6.45) is 1.52. The molecule has 0 unspecified atom stereocenters. The first kappa shape index (κ1) is 11.8. The van der Waals surface area contributed by atoms with Crippen molar-refractivity contribution in [3.8, 4) is 0 Å². The summed E-state index contributed by atoms with van der Waals surface area (Å²) in [5.74, 6) is -0.114. The van der Waals surface area contributed by atoms with Crippen LogP contribution < -0.4 is 5.32 Å². The highest BCUT2D eigenvalue weighted by atomic mass is 35.5. The summed E-state index contributed by atoms with van der Waals surface area (Å²) < 4.78 is 1.44. The van der Waals surface area contributed by atoms with E-state index in [1.165, 1.54) is 16.9 Å². The number of nitrogens with zero attached hydrogens (tertiary/aromatic N) is 4. The number of aromatic nitrogens is 4. The van der Waals surface area contributed by atoms with Crippen LogP contribution in [0.5, 0.6) is 0 Å². The molecule has 0 atom stereocenters. The van der Waals surface area contributed by atoms with Gasteiger partial charge < -0.3 is 5.32 Å². The van der Waals surface area contributed by atoms with Crippen LogP contribution in [-0.2, 0) is 7.05 Å². The molecule has 2 aromatic rings. The number of carbonyl (C=O) groups excluding carboxylic acids is 1. The molecule has 0 radical (unpaired) electrons. The minimum atomic E-state index is -0.351. The van der Waals surface area contributed by atoms with E-state index in [1.807, 2.05) is 0 Å². The molecule has 8 heteroatoms. The molecule has 2 aromatic heterocycles. The van der Waals surface area contributed by atoms with Crippen molar-refractivity contribution in [3.63, 3.8) is 0 Å². The van der Waals surface area contributed by atoms with Gasteiger partial charge in [0.05, 0.1) is 0 Å². The van der Waals surface area contributed by atoms with Gasteiger partial charge in [-0.15, -0.1) is 0 Å². The van der Waals surface area contributed by atoms with Crippen LogP contribution in [0.25, 0.3) is 0 Å². The van der Waals surface area contributed by atoms with Gasteiger partial charge in [-0.1, -0.05) is 11.6 Å². The third kappa shape index (κ3) is 2.72. The van der Waals surface area contributed by atoms with Crippen molar-refractivity contribution in [1.82, 2.24) is 19.7 Å². The van der Waals surface area contributed by atoms with E-state index in [0.717, 1.165) is 0 Å². The zero-order chi connectivity index (χ0) is 12.4. The van der Waals surface area contributed by atoms with Crippen LogP contribution in [-0.4, -0.2) is 25.7 Å². The smallest absolute Gasteiger partial charge is 0.275 e. The average Bonchev–Trinajstić information content (AvgIpc) is 2.62. The monoisotopic (exact) mass is 271 g/mol. The first-order chi connectivity index (χ1) is 8.06. The van der Waals surface area contributed by atoms with E-state index >= 15 is 0 Å².